The molecule has 1 heterocycles. The Morgan fingerprint density at radius 2 is 0.794 bits per heavy atom. The highest BCUT2D eigenvalue weighted by molar-refractivity contribution is 8.25. The summed E-state index contributed by atoms with van der Waals surface area (Å²) in [4.78, 5) is 0. The van der Waals surface area contributed by atoms with Gasteiger partial charge in [0.25, 0.3) is 0 Å². The topological polar surface area (TPSA) is 0 Å². The second kappa shape index (κ2) is 26.2. The fourth-order valence-corrected chi connectivity index (χ4v) is 20.8. The monoisotopic (exact) mass is 764 g/mol. The zero-order valence-corrected chi connectivity index (χ0v) is 32.2. The third-order valence-electron chi connectivity index (χ3n) is 4.40. The summed E-state index contributed by atoms with van der Waals surface area (Å²) >= 11 is 47.1. The van der Waals surface area contributed by atoms with E-state index < -0.39 is 0 Å². The van der Waals surface area contributed by atoms with Crippen molar-refractivity contribution in [3.63, 3.8) is 0 Å². The van der Waals surface area contributed by atoms with Crippen LogP contribution in [0.1, 0.15) is 19.3 Å². The fourth-order valence-electron chi connectivity index (χ4n) is 2.87. The Labute approximate surface area is 284 Å². The van der Waals surface area contributed by atoms with Crippen molar-refractivity contribution < 1.29 is 0 Å². The molecule has 0 saturated carbocycles. The van der Waals surface area contributed by atoms with Gasteiger partial charge in [-0.2, -0.15) is 75.8 Å². The van der Waals surface area contributed by atoms with E-state index in [9.17, 15) is 0 Å². The Balaban J connectivity index is 2.50. The first kappa shape index (κ1) is 37.6. The number of hydrogen-bond donors (Lipinski definition) is 6. The van der Waals surface area contributed by atoms with Crippen LogP contribution in [0.5, 0.6) is 0 Å². The molecule has 1 saturated heterocycles. The standard InChI is InChI=1S/C18H36S16/c19-6-27-15(2-17(29-8-21)30-9-22)25-4-13-1-14(34-12-33-13)5-26-16(28-7-20)3-18(31-10-23)32-11-24/h13-24H,1-12H2. The summed E-state index contributed by atoms with van der Waals surface area (Å²) in [6, 6.07) is 0. The molecule has 0 amide bonds. The summed E-state index contributed by atoms with van der Waals surface area (Å²) in [5.41, 5.74) is 0. The Bertz CT molecular complexity index is 410. The van der Waals surface area contributed by atoms with Gasteiger partial charge in [0.2, 0.25) is 0 Å². The van der Waals surface area contributed by atoms with Gasteiger partial charge in [-0.3, -0.25) is 0 Å². The van der Waals surface area contributed by atoms with E-state index in [-0.39, 0.29) is 0 Å². The molecule has 34 heavy (non-hydrogen) atoms. The number of thiol groups is 6. The van der Waals surface area contributed by atoms with Gasteiger partial charge in [0.15, 0.2) is 0 Å². The fraction of sp³-hybridized carbons (Fsp3) is 1.00. The highest BCUT2D eigenvalue weighted by atomic mass is 32.2. The molecule has 4 unspecified atom stereocenters. The largest absolute Gasteiger partial charge is 0.168 e. The Morgan fingerprint density at radius 1 is 0.500 bits per heavy atom. The third kappa shape index (κ3) is 18.9. The van der Waals surface area contributed by atoms with Crippen molar-refractivity contribution in [2.75, 3.05) is 47.1 Å². The first-order chi connectivity index (χ1) is 16.6. The second-order valence-corrected chi connectivity index (χ2v) is 24.8. The lowest BCUT2D eigenvalue weighted by Gasteiger charge is -2.30. The lowest BCUT2D eigenvalue weighted by atomic mass is 10.2. The van der Waals surface area contributed by atoms with Crippen LogP contribution in [-0.4, -0.2) is 75.9 Å². The number of thioether (sulfide) groups is 10. The zero-order valence-electron chi connectivity index (χ0n) is 18.7. The van der Waals surface area contributed by atoms with E-state index in [1.807, 2.05) is 70.6 Å². The van der Waals surface area contributed by atoms with Crippen LogP contribution < -0.4 is 0 Å². The summed E-state index contributed by atoms with van der Waals surface area (Å²) in [5.74, 6) is 2.49. The van der Waals surface area contributed by atoms with Crippen molar-refractivity contribution in [1.29, 1.82) is 0 Å². The molecule has 0 N–H and O–H groups in total. The normalized spacial score (nSPS) is 20.8. The second-order valence-electron chi connectivity index (χ2n) is 6.56. The van der Waals surface area contributed by atoms with Gasteiger partial charge >= 0.3 is 0 Å². The first-order valence-corrected chi connectivity index (χ1v) is 24.7. The van der Waals surface area contributed by atoms with Gasteiger partial charge in [-0.1, -0.05) is 0 Å². The maximum atomic E-state index is 4.51. The lowest BCUT2D eigenvalue weighted by Crippen LogP contribution is -2.24. The van der Waals surface area contributed by atoms with Crippen LogP contribution in [0.4, 0.5) is 0 Å². The molecule has 0 spiro atoms. The molecule has 0 bridgehead atoms. The molecule has 204 valence electrons. The molecule has 1 rings (SSSR count). The lowest BCUT2D eigenvalue weighted by molar-refractivity contribution is 0.810. The molecule has 0 aromatic rings. The van der Waals surface area contributed by atoms with Gasteiger partial charge in [-0.05, 0) is 19.3 Å². The Kier molecular flexibility index (Phi) is 29.0. The molecule has 1 aliphatic heterocycles. The van der Waals surface area contributed by atoms with Crippen LogP contribution in [-0.2, 0) is 0 Å². The molecular formula is C18H36S16. The summed E-state index contributed by atoms with van der Waals surface area (Å²) in [7, 11) is 0. The van der Waals surface area contributed by atoms with Crippen molar-refractivity contribution in [2.45, 2.75) is 48.1 Å². The molecule has 0 aromatic heterocycles. The predicted octanol–water partition coefficient (Wildman–Crippen LogP) is 9.83. The van der Waals surface area contributed by atoms with Gasteiger partial charge < -0.3 is 0 Å². The molecule has 1 fully saturated rings. The van der Waals surface area contributed by atoms with E-state index in [0.29, 0.717) is 18.3 Å². The Hall–Kier alpha value is 5.60. The molecule has 0 aromatic carbocycles. The minimum Gasteiger partial charge on any atom is -0.168 e. The summed E-state index contributed by atoms with van der Waals surface area (Å²) in [6.45, 7) is 0. The smallest absolute Gasteiger partial charge is 0.0537 e. The van der Waals surface area contributed by atoms with E-state index in [1.54, 1.807) is 0 Å². The van der Waals surface area contributed by atoms with Gasteiger partial charge in [0, 0.05) is 57.6 Å². The summed E-state index contributed by atoms with van der Waals surface area (Å²) < 4.78 is 2.36. The molecule has 1 aliphatic rings. The predicted molar refractivity (Wildman–Crippen MR) is 210 cm³/mol. The average Bonchev–Trinajstić information content (AvgIpc) is 2.82. The van der Waals surface area contributed by atoms with Crippen LogP contribution >= 0.6 is 193 Å². The van der Waals surface area contributed by atoms with E-state index in [1.165, 1.54) is 35.9 Å². The minimum atomic E-state index is 0.574. The average molecular weight is 766 g/mol. The molecular weight excluding hydrogens is 729 g/mol. The quantitative estimate of drug-likeness (QED) is 0.0464. The van der Waals surface area contributed by atoms with E-state index in [0.717, 1.165) is 41.0 Å². The number of hydrogen-bond acceptors (Lipinski definition) is 16. The maximum Gasteiger partial charge on any atom is 0.0537 e. The summed E-state index contributed by atoms with van der Waals surface area (Å²) in [6.07, 6.45) is 3.71. The van der Waals surface area contributed by atoms with Crippen LogP contribution in [0.15, 0.2) is 0 Å². The van der Waals surface area contributed by atoms with Crippen molar-refractivity contribution in [3.05, 3.63) is 0 Å². The van der Waals surface area contributed by atoms with Gasteiger partial charge in [0.05, 0.1) is 18.3 Å². The molecule has 0 aliphatic carbocycles. The molecule has 0 nitrogen and oxygen atoms in total. The van der Waals surface area contributed by atoms with Crippen molar-refractivity contribution in [1.82, 2.24) is 0 Å². The van der Waals surface area contributed by atoms with Crippen molar-refractivity contribution >= 4 is 193 Å². The first-order valence-electron chi connectivity index (χ1n) is 10.4. The number of rotatable bonds is 22. The molecule has 0 radical (unpaired) electrons. The van der Waals surface area contributed by atoms with Crippen LogP contribution in [0.3, 0.4) is 0 Å². The van der Waals surface area contributed by atoms with Crippen molar-refractivity contribution in [2.24, 2.45) is 0 Å². The molecule has 4 atom stereocenters. The van der Waals surface area contributed by atoms with Gasteiger partial charge in [0.1, 0.15) is 0 Å². The highest BCUT2D eigenvalue weighted by Crippen LogP contribution is 2.43. The SMILES string of the molecule is SCSC(CC(SCS)SCC1CC(CSC(CC(SCS)SCS)SCS)SCS1)SCS. The van der Waals surface area contributed by atoms with E-state index in [4.69, 9.17) is 0 Å². The van der Waals surface area contributed by atoms with Crippen LogP contribution in [0.2, 0.25) is 0 Å². The van der Waals surface area contributed by atoms with Crippen LogP contribution in [0, 0.1) is 0 Å². The van der Waals surface area contributed by atoms with E-state index in [2.05, 4.69) is 123 Å². The van der Waals surface area contributed by atoms with E-state index >= 15 is 0 Å². The maximum absolute atomic E-state index is 4.51. The zero-order chi connectivity index (χ0) is 25.0. The van der Waals surface area contributed by atoms with Gasteiger partial charge in [-0.15, -0.1) is 118 Å². The molecule has 16 heteroatoms. The minimum absolute atomic E-state index is 0.574. The van der Waals surface area contributed by atoms with Gasteiger partial charge in [-0.25, -0.2) is 0 Å². The van der Waals surface area contributed by atoms with Crippen LogP contribution in [0.25, 0.3) is 0 Å². The van der Waals surface area contributed by atoms with Crippen molar-refractivity contribution in [3.8, 4) is 0 Å². The highest BCUT2D eigenvalue weighted by Gasteiger charge is 2.27. The Morgan fingerprint density at radius 3 is 1.09 bits per heavy atom. The third-order valence-corrected chi connectivity index (χ3v) is 20.1. The summed E-state index contributed by atoms with van der Waals surface area (Å²) in [5, 5.41) is 8.01.